The number of carboxylic acid groups (broad SMARTS) is 1. The number of rotatable bonds is 12. The summed E-state index contributed by atoms with van der Waals surface area (Å²) in [7, 11) is -4.74. The smallest absolute Gasteiger partial charge is 0.326 e. The molecule has 1 aliphatic heterocycles. The largest absolute Gasteiger partial charge is 0.496 e. The third-order valence-corrected chi connectivity index (χ3v) is 9.14. The van der Waals surface area contributed by atoms with Crippen LogP contribution in [0.15, 0.2) is 82.1 Å². The minimum atomic E-state index is -3.97. The zero-order valence-corrected chi connectivity index (χ0v) is 24.4. The van der Waals surface area contributed by atoms with E-state index in [2.05, 4.69) is 4.40 Å². The van der Waals surface area contributed by atoms with E-state index in [0.29, 0.717) is 17.1 Å². The Balaban J connectivity index is 1.67. The Labute approximate surface area is 239 Å². The van der Waals surface area contributed by atoms with Crippen molar-refractivity contribution in [3.05, 3.63) is 78.4 Å². The summed E-state index contributed by atoms with van der Waals surface area (Å²) in [5.41, 5.74) is 2.14. The molecule has 218 valence electrons. The second-order valence-corrected chi connectivity index (χ2v) is 13.0. The van der Waals surface area contributed by atoms with E-state index in [1.54, 1.807) is 74.9 Å². The molecule has 1 fully saturated rings. The van der Waals surface area contributed by atoms with Gasteiger partial charge in [-0.2, -0.15) is 8.70 Å². The normalized spacial score (nSPS) is 16.6. The minimum Gasteiger partial charge on any atom is -0.496 e. The maximum Gasteiger partial charge on any atom is 0.326 e. The summed E-state index contributed by atoms with van der Waals surface area (Å²) in [5, 5.41) is 10.2. The third kappa shape index (κ3) is 6.69. The van der Waals surface area contributed by atoms with E-state index in [9.17, 15) is 26.7 Å². The number of aliphatic carboxylic acids is 1. The highest BCUT2D eigenvalue weighted by Gasteiger charge is 2.44. The van der Waals surface area contributed by atoms with Crippen molar-refractivity contribution in [3.8, 4) is 22.6 Å². The van der Waals surface area contributed by atoms with Gasteiger partial charge in [0.1, 0.15) is 23.9 Å². The fourth-order valence-corrected chi connectivity index (χ4v) is 6.58. The van der Waals surface area contributed by atoms with E-state index in [4.69, 9.17) is 9.47 Å². The monoisotopic (exact) mass is 601 g/mol. The average molecular weight is 602 g/mol. The molecule has 1 N–H and O–H groups in total. The van der Waals surface area contributed by atoms with Gasteiger partial charge in [-0.25, -0.2) is 21.6 Å². The van der Waals surface area contributed by atoms with E-state index < -0.39 is 38.2 Å². The standard InChI is InChI=1S/C28H31N3O8S2/c1-38-24-10-7-11-25(39-2)27(24)21-14-12-20(13-15-21)18-23(28(32)33)30(19-29-40(3,34)35)26-16-17-31(26)41(36,37)22-8-5-4-6-9-22/h4-15,19,23,26H,16-18H2,1-3H3,(H,32,33)/t23-,26?/m0/s1. The number of hydrogen-bond acceptors (Lipinski definition) is 7. The summed E-state index contributed by atoms with van der Waals surface area (Å²) >= 11 is 0. The lowest BCUT2D eigenvalue weighted by molar-refractivity contribution is -0.144. The van der Waals surface area contributed by atoms with Crippen LogP contribution in [-0.2, 0) is 31.3 Å². The van der Waals surface area contributed by atoms with E-state index in [1.807, 2.05) is 0 Å². The van der Waals surface area contributed by atoms with Gasteiger partial charge in [-0.05, 0) is 41.8 Å². The van der Waals surface area contributed by atoms with Gasteiger partial charge in [-0.3, -0.25) is 0 Å². The number of hydrogen-bond donors (Lipinski definition) is 1. The van der Waals surface area contributed by atoms with Gasteiger partial charge in [0.05, 0.1) is 37.1 Å². The number of carbonyl (C=O) groups is 1. The molecule has 0 spiro atoms. The fourth-order valence-electron chi connectivity index (χ4n) is 4.65. The molecule has 11 nitrogen and oxygen atoms in total. The predicted molar refractivity (Wildman–Crippen MR) is 154 cm³/mol. The van der Waals surface area contributed by atoms with Gasteiger partial charge >= 0.3 is 5.97 Å². The molecule has 13 heteroatoms. The third-order valence-electron chi connectivity index (χ3n) is 6.75. The van der Waals surface area contributed by atoms with Gasteiger partial charge in [0.15, 0.2) is 0 Å². The van der Waals surface area contributed by atoms with Crippen LogP contribution in [0.25, 0.3) is 11.1 Å². The summed E-state index contributed by atoms with van der Waals surface area (Å²) in [4.78, 5) is 13.8. The van der Waals surface area contributed by atoms with Crippen molar-refractivity contribution in [2.45, 2.75) is 29.9 Å². The highest BCUT2D eigenvalue weighted by molar-refractivity contribution is 7.89. The fraction of sp³-hybridized carbons (Fsp3) is 0.286. The highest BCUT2D eigenvalue weighted by atomic mass is 32.2. The van der Waals surface area contributed by atoms with Crippen molar-refractivity contribution >= 4 is 32.4 Å². The van der Waals surface area contributed by atoms with Crippen molar-refractivity contribution in [1.29, 1.82) is 0 Å². The van der Waals surface area contributed by atoms with Crippen LogP contribution in [0, 0.1) is 0 Å². The molecule has 1 saturated heterocycles. The Hall–Kier alpha value is -3.94. The lowest BCUT2D eigenvalue weighted by Gasteiger charge is -2.47. The topological polar surface area (TPSA) is 143 Å². The molecule has 41 heavy (non-hydrogen) atoms. The molecule has 0 amide bonds. The molecule has 1 unspecified atom stereocenters. The maximum atomic E-state index is 13.3. The van der Waals surface area contributed by atoms with E-state index in [0.717, 1.165) is 28.0 Å². The summed E-state index contributed by atoms with van der Waals surface area (Å²) in [6.45, 7) is 0.146. The number of methoxy groups -OCH3 is 2. The Bertz CT molecular complexity index is 1600. The number of nitrogens with zero attached hydrogens (tertiary/aromatic N) is 3. The van der Waals surface area contributed by atoms with Gasteiger partial charge in [0.2, 0.25) is 10.0 Å². The first kappa shape index (κ1) is 30.0. The van der Waals surface area contributed by atoms with Crippen molar-refractivity contribution < 1.29 is 36.2 Å². The van der Waals surface area contributed by atoms with Crippen molar-refractivity contribution in [2.75, 3.05) is 27.0 Å². The molecule has 1 aliphatic rings. The SMILES string of the molecule is COc1cccc(OC)c1-c1ccc(C[C@@H](C(=O)O)N(C=NS(C)(=O)=O)C2CCN2S(=O)(=O)c2ccccc2)cc1. The Morgan fingerprint density at radius 2 is 1.61 bits per heavy atom. The molecular weight excluding hydrogens is 570 g/mol. The lowest BCUT2D eigenvalue weighted by Crippen LogP contribution is -2.63. The van der Waals surface area contributed by atoms with Crippen molar-refractivity contribution in [1.82, 2.24) is 9.21 Å². The average Bonchev–Trinajstić information content (AvgIpc) is 2.93. The number of sulfonamides is 2. The minimum absolute atomic E-state index is 0.0514. The van der Waals surface area contributed by atoms with Crippen molar-refractivity contribution in [3.63, 3.8) is 0 Å². The molecule has 0 radical (unpaired) electrons. The van der Waals surface area contributed by atoms with Crippen LogP contribution >= 0.6 is 0 Å². The van der Waals surface area contributed by atoms with Gasteiger partial charge in [-0.15, -0.1) is 0 Å². The van der Waals surface area contributed by atoms with Gasteiger partial charge in [-0.1, -0.05) is 48.5 Å². The van der Waals surface area contributed by atoms with E-state index >= 15 is 0 Å². The predicted octanol–water partition coefficient (Wildman–Crippen LogP) is 3.08. The highest BCUT2D eigenvalue weighted by Crippen LogP contribution is 2.38. The molecule has 1 heterocycles. The first-order chi connectivity index (χ1) is 19.5. The first-order valence-electron chi connectivity index (χ1n) is 12.6. The molecule has 0 aromatic heterocycles. The van der Waals surface area contributed by atoms with E-state index in [1.165, 1.54) is 17.0 Å². The van der Waals surface area contributed by atoms with Crippen LogP contribution in [-0.4, -0.2) is 82.7 Å². The lowest BCUT2D eigenvalue weighted by atomic mass is 9.98. The van der Waals surface area contributed by atoms with Crippen LogP contribution < -0.4 is 9.47 Å². The summed E-state index contributed by atoms with van der Waals surface area (Å²) in [5.74, 6) is -0.0499. The molecular formula is C28H31N3O8S2. The Morgan fingerprint density at radius 3 is 2.10 bits per heavy atom. The van der Waals surface area contributed by atoms with E-state index in [-0.39, 0.29) is 24.3 Å². The number of ether oxygens (including phenoxy) is 2. The van der Waals surface area contributed by atoms with Gasteiger partial charge in [0, 0.05) is 13.0 Å². The summed E-state index contributed by atoms with van der Waals surface area (Å²) in [6.07, 6.45) is 1.09. The van der Waals surface area contributed by atoms with Crippen LogP contribution in [0.4, 0.5) is 0 Å². The molecule has 0 aliphatic carbocycles. The zero-order valence-electron chi connectivity index (χ0n) is 22.7. The molecule has 2 atom stereocenters. The molecule has 0 bridgehead atoms. The van der Waals surface area contributed by atoms with Crippen LogP contribution in [0.3, 0.4) is 0 Å². The molecule has 3 aromatic rings. The molecule has 3 aromatic carbocycles. The second kappa shape index (κ2) is 12.3. The van der Waals surface area contributed by atoms with Crippen LogP contribution in [0.5, 0.6) is 11.5 Å². The number of benzene rings is 3. The van der Waals surface area contributed by atoms with Crippen molar-refractivity contribution in [2.24, 2.45) is 4.40 Å². The van der Waals surface area contributed by atoms with Gasteiger partial charge in [0.25, 0.3) is 10.0 Å². The zero-order chi connectivity index (χ0) is 29.8. The number of carboxylic acids is 1. The first-order valence-corrected chi connectivity index (χ1v) is 15.9. The maximum absolute atomic E-state index is 13.3. The quantitative estimate of drug-likeness (QED) is 0.245. The van der Waals surface area contributed by atoms with Crippen LogP contribution in [0.1, 0.15) is 12.0 Å². The Morgan fingerprint density at radius 1 is 1.00 bits per heavy atom. The molecule has 4 rings (SSSR count). The Kier molecular flexibility index (Phi) is 9.00. The summed E-state index contributed by atoms with van der Waals surface area (Å²) < 4.78 is 66.1. The second-order valence-electron chi connectivity index (χ2n) is 9.39. The van der Waals surface area contributed by atoms with Crippen LogP contribution in [0.2, 0.25) is 0 Å². The van der Waals surface area contributed by atoms with Gasteiger partial charge < -0.3 is 19.5 Å². The molecule has 0 saturated carbocycles. The summed E-state index contributed by atoms with van der Waals surface area (Å²) in [6, 6.07) is 19.0.